The molecule has 0 radical (unpaired) electrons. The Kier molecular flexibility index (Phi) is 3.58. The van der Waals surface area contributed by atoms with E-state index in [1.54, 1.807) is 17.8 Å². The van der Waals surface area contributed by atoms with E-state index in [1.165, 1.54) is 11.3 Å². The zero-order chi connectivity index (χ0) is 12.5. The first kappa shape index (κ1) is 12.6. The van der Waals surface area contributed by atoms with Gasteiger partial charge in [-0.3, -0.25) is 0 Å². The number of hydrogen-bond acceptors (Lipinski definition) is 4. The fourth-order valence-corrected chi connectivity index (χ4v) is 4.58. The Morgan fingerprint density at radius 2 is 1.88 bits per heavy atom. The number of primary sulfonamides is 1. The average molecular weight is 285 g/mol. The number of hydrogen-bond donors (Lipinski definition) is 1. The van der Waals surface area contributed by atoms with Gasteiger partial charge in [0.25, 0.3) is 0 Å². The van der Waals surface area contributed by atoms with E-state index < -0.39 is 10.0 Å². The SMILES string of the molecule is Cc1cc(S(N)(=O)=O)sc1Sc1ccccc1. The normalized spacial score (nSPS) is 11.6. The Morgan fingerprint density at radius 1 is 1.24 bits per heavy atom. The van der Waals surface area contributed by atoms with Gasteiger partial charge in [-0.25, -0.2) is 13.6 Å². The van der Waals surface area contributed by atoms with Crippen molar-refractivity contribution in [1.29, 1.82) is 0 Å². The summed E-state index contributed by atoms with van der Waals surface area (Å²) in [5, 5.41) is 5.11. The molecule has 2 aromatic rings. The Bertz CT molecular complexity index is 617. The molecule has 0 atom stereocenters. The van der Waals surface area contributed by atoms with E-state index in [1.807, 2.05) is 37.3 Å². The maximum absolute atomic E-state index is 11.2. The summed E-state index contributed by atoms with van der Waals surface area (Å²) in [5.74, 6) is 0. The Hall–Kier alpha value is -0.820. The van der Waals surface area contributed by atoms with E-state index in [4.69, 9.17) is 5.14 Å². The second-order valence-corrected chi connectivity index (χ2v) is 7.68. The minimum Gasteiger partial charge on any atom is -0.224 e. The highest BCUT2D eigenvalue weighted by atomic mass is 32.3. The van der Waals surface area contributed by atoms with Crippen molar-refractivity contribution >= 4 is 33.1 Å². The second kappa shape index (κ2) is 4.81. The summed E-state index contributed by atoms with van der Waals surface area (Å²) in [6, 6.07) is 11.4. The van der Waals surface area contributed by atoms with Crippen molar-refractivity contribution in [2.75, 3.05) is 0 Å². The molecule has 90 valence electrons. The monoisotopic (exact) mass is 285 g/mol. The summed E-state index contributed by atoms with van der Waals surface area (Å²) in [7, 11) is -3.59. The van der Waals surface area contributed by atoms with Gasteiger partial charge in [-0.05, 0) is 30.7 Å². The number of nitrogens with two attached hydrogens (primary N) is 1. The lowest BCUT2D eigenvalue weighted by Crippen LogP contribution is -2.09. The van der Waals surface area contributed by atoms with Gasteiger partial charge in [0.15, 0.2) is 0 Å². The molecule has 0 aliphatic carbocycles. The van der Waals surface area contributed by atoms with Gasteiger partial charge in [0.05, 0.1) is 4.21 Å². The molecular weight excluding hydrogens is 274 g/mol. The van der Waals surface area contributed by atoms with Crippen LogP contribution in [0.15, 0.2) is 49.7 Å². The van der Waals surface area contributed by atoms with Crippen molar-refractivity contribution in [3.8, 4) is 0 Å². The van der Waals surface area contributed by atoms with Gasteiger partial charge >= 0.3 is 0 Å². The van der Waals surface area contributed by atoms with Crippen LogP contribution in [0.1, 0.15) is 5.56 Å². The summed E-state index contributed by atoms with van der Waals surface area (Å²) < 4.78 is 23.6. The summed E-state index contributed by atoms with van der Waals surface area (Å²) in [5.41, 5.74) is 0.938. The average Bonchev–Trinajstić information content (AvgIpc) is 2.62. The zero-order valence-electron chi connectivity index (χ0n) is 9.08. The lowest BCUT2D eigenvalue weighted by Gasteiger charge is -1.98. The van der Waals surface area contributed by atoms with E-state index in [0.717, 1.165) is 14.7 Å². The van der Waals surface area contributed by atoms with Gasteiger partial charge < -0.3 is 0 Å². The van der Waals surface area contributed by atoms with Gasteiger partial charge in [0, 0.05) is 4.90 Å². The number of thiophene rings is 1. The third kappa shape index (κ3) is 3.10. The van der Waals surface area contributed by atoms with E-state index in [9.17, 15) is 8.42 Å². The largest absolute Gasteiger partial charge is 0.247 e. The maximum atomic E-state index is 11.2. The molecule has 0 spiro atoms. The molecule has 1 aromatic heterocycles. The topological polar surface area (TPSA) is 60.2 Å². The fraction of sp³-hybridized carbons (Fsp3) is 0.0909. The van der Waals surface area contributed by atoms with E-state index in [0.29, 0.717) is 0 Å². The summed E-state index contributed by atoms with van der Waals surface area (Å²) in [6.07, 6.45) is 0. The quantitative estimate of drug-likeness (QED) is 0.943. The second-order valence-electron chi connectivity index (χ2n) is 3.50. The third-order valence-electron chi connectivity index (χ3n) is 2.08. The van der Waals surface area contributed by atoms with Gasteiger partial charge in [-0.15, -0.1) is 11.3 Å². The first-order valence-electron chi connectivity index (χ1n) is 4.83. The van der Waals surface area contributed by atoms with Crippen LogP contribution < -0.4 is 5.14 Å². The Balaban J connectivity index is 2.32. The van der Waals surface area contributed by atoms with E-state index >= 15 is 0 Å². The smallest absolute Gasteiger partial charge is 0.224 e. The van der Waals surface area contributed by atoms with Crippen LogP contribution in [0, 0.1) is 6.92 Å². The van der Waals surface area contributed by atoms with Crippen LogP contribution in [0.3, 0.4) is 0 Å². The molecule has 1 aromatic carbocycles. The van der Waals surface area contributed by atoms with Gasteiger partial charge in [-0.2, -0.15) is 0 Å². The van der Waals surface area contributed by atoms with Crippen LogP contribution in [0.4, 0.5) is 0 Å². The van der Waals surface area contributed by atoms with Gasteiger partial charge in [0.1, 0.15) is 4.21 Å². The zero-order valence-corrected chi connectivity index (χ0v) is 11.5. The Morgan fingerprint density at radius 3 is 2.41 bits per heavy atom. The molecule has 0 bridgehead atoms. The minimum absolute atomic E-state index is 0.216. The number of aryl methyl sites for hydroxylation is 1. The highest BCUT2D eigenvalue weighted by molar-refractivity contribution is 8.01. The van der Waals surface area contributed by atoms with Gasteiger partial charge in [-0.1, -0.05) is 30.0 Å². The van der Waals surface area contributed by atoms with Crippen molar-refractivity contribution in [2.24, 2.45) is 5.14 Å². The number of benzene rings is 1. The van der Waals surface area contributed by atoms with Crippen LogP contribution in [0.2, 0.25) is 0 Å². The van der Waals surface area contributed by atoms with Crippen molar-refractivity contribution in [3.05, 3.63) is 42.0 Å². The molecular formula is C11H11NO2S3. The highest BCUT2D eigenvalue weighted by Crippen LogP contribution is 2.37. The lowest BCUT2D eigenvalue weighted by atomic mass is 10.4. The van der Waals surface area contributed by atoms with Crippen molar-refractivity contribution in [2.45, 2.75) is 20.2 Å². The van der Waals surface area contributed by atoms with Crippen molar-refractivity contribution in [1.82, 2.24) is 0 Å². The number of sulfonamides is 1. The van der Waals surface area contributed by atoms with Crippen LogP contribution in [-0.4, -0.2) is 8.42 Å². The Labute approximate surface area is 109 Å². The molecule has 6 heteroatoms. The molecule has 2 rings (SSSR count). The predicted molar refractivity (Wildman–Crippen MR) is 71.0 cm³/mol. The van der Waals surface area contributed by atoms with Crippen molar-refractivity contribution in [3.63, 3.8) is 0 Å². The molecule has 0 saturated heterocycles. The van der Waals surface area contributed by atoms with Crippen LogP contribution in [-0.2, 0) is 10.0 Å². The molecule has 0 fully saturated rings. The molecule has 1 heterocycles. The molecule has 0 aliphatic heterocycles. The first-order chi connectivity index (χ1) is 7.97. The first-order valence-corrected chi connectivity index (χ1v) is 8.01. The summed E-state index contributed by atoms with van der Waals surface area (Å²) in [6.45, 7) is 1.89. The van der Waals surface area contributed by atoms with Crippen LogP contribution in [0.5, 0.6) is 0 Å². The molecule has 0 aliphatic rings. The molecule has 3 nitrogen and oxygen atoms in total. The maximum Gasteiger partial charge on any atom is 0.247 e. The lowest BCUT2D eigenvalue weighted by molar-refractivity contribution is 0.599. The fourth-order valence-electron chi connectivity index (χ4n) is 1.27. The molecule has 17 heavy (non-hydrogen) atoms. The summed E-state index contributed by atoms with van der Waals surface area (Å²) >= 11 is 2.76. The third-order valence-corrected chi connectivity index (χ3v) is 6.05. The summed E-state index contributed by atoms with van der Waals surface area (Å²) in [4.78, 5) is 1.08. The number of rotatable bonds is 3. The van der Waals surface area contributed by atoms with Gasteiger partial charge in [0.2, 0.25) is 10.0 Å². The van der Waals surface area contributed by atoms with Crippen LogP contribution >= 0.6 is 23.1 Å². The minimum atomic E-state index is -3.59. The van der Waals surface area contributed by atoms with Crippen molar-refractivity contribution < 1.29 is 8.42 Å². The standard InChI is InChI=1S/C11H11NO2S3/c1-8-7-10(17(12,13)14)16-11(8)15-9-5-3-2-4-6-9/h2-7H,1H3,(H2,12,13,14). The predicted octanol–water partition coefficient (Wildman–Crippen LogP) is 2.86. The molecule has 0 amide bonds. The van der Waals surface area contributed by atoms with Crippen LogP contribution in [0.25, 0.3) is 0 Å². The van der Waals surface area contributed by atoms with E-state index in [2.05, 4.69) is 0 Å². The van der Waals surface area contributed by atoms with E-state index in [-0.39, 0.29) is 4.21 Å². The molecule has 0 unspecified atom stereocenters. The molecule has 2 N–H and O–H groups in total. The molecule has 0 saturated carbocycles. The highest BCUT2D eigenvalue weighted by Gasteiger charge is 2.15.